The second-order valence-electron chi connectivity index (χ2n) is 6.87. The Labute approximate surface area is 144 Å². The normalized spacial score (nSPS) is 23.7. The van der Waals surface area contributed by atoms with Crippen molar-refractivity contribution in [1.29, 1.82) is 0 Å². The molecule has 1 aliphatic carbocycles. The molecular formula is C22H25NO. The Morgan fingerprint density at radius 2 is 1.54 bits per heavy atom. The van der Waals surface area contributed by atoms with Gasteiger partial charge in [0.2, 0.25) is 0 Å². The van der Waals surface area contributed by atoms with Crippen LogP contribution in [0.15, 0.2) is 71.8 Å². The van der Waals surface area contributed by atoms with Gasteiger partial charge in [-0.05, 0) is 55.4 Å². The van der Waals surface area contributed by atoms with Gasteiger partial charge in [-0.2, -0.15) is 0 Å². The van der Waals surface area contributed by atoms with E-state index in [-0.39, 0.29) is 0 Å². The van der Waals surface area contributed by atoms with E-state index in [1.54, 1.807) is 5.57 Å². The summed E-state index contributed by atoms with van der Waals surface area (Å²) in [6, 6.07) is 21.0. The molecule has 1 aliphatic heterocycles. The van der Waals surface area contributed by atoms with Crippen LogP contribution in [-0.2, 0) is 6.42 Å². The summed E-state index contributed by atoms with van der Waals surface area (Å²) >= 11 is 0. The molecule has 1 N–H and O–H groups in total. The van der Waals surface area contributed by atoms with Crippen molar-refractivity contribution in [2.45, 2.75) is 44.2 Å². The summed E-state index contributed by atoms with van der Waals surface area (Å²) < 4.78 is 6.65. The summed E-state index contributed by atoms with van der Waals surface area (Å²) in [5.74, 6) is 0.945. The Kier molecular flexibility index (Phi) is 4.40. The first-order valence-electron chi connectivity index (χ1n) is 9.10. The number of ether oxygens (including phenoxy) is 1. The molecule has 0 saturated carbocycles. The van der Waals surface area contributed by atoms with E-state index in [2.05, 4.69) is 47.8 Å². The van der Waals surface area contributed by atoms with E-state index in [0.29, 0.717) is 0 Å². The Bertz CT molecular complexity index is 660. The third kappa shape index (κ3) is 3.11. The van der Waals surface area contributed by atoms with Gasteiger partial charge >= 0.3 is 0 Å². The Balaban J connectivity index is 1.74. The number of nitrogens with one attached hydrogen (secondary N) is 1. The van der Waals surface area contributed by atoms with Crippen LogP contribution in [0.3, 0.4) is 0 Å². The van der Waals surface area contributed by atoms with Crippen LogP contribution in [0, 0.1) is 0 Å². The molecule has 2 nitrogen and oxygen atoms in total. The quantitative estimate of drug-likeness (QED) is 0.812. The maximum atomic E-state index is 6.65. The van der Waals surface area contributed by atoms with Crippen LogP contribution in [-0.4, -0.2) is 12.3 Å². The van der Waals surface area contributed by atoms with Crippen molar-refractivity contribution in [3.63, 3.8) is 0 Å². The first-order valence-corrected chi connectivity index (χ1v) is 9.10. The lowest BCUT2D eigenvalue weighted by Gasteiger charge is -2.44. The second kappa shape index (κ2) is 6.82. The minimum absolute atomic E-state index is 0.392. The summed E-state index contributed by atoms with van der Waals surface area (Å²) in [5.41, 5.74) is 4.07. The van der Waals surface area contributed by atoms with Crippen LogP contribution in [0.5, 0.6) is 5.75 Å². The zero-order valence-electron chi connectivity index (χ0n) is 14.1. The lowest BCUT2D eigenvalue weighted by atomic mass is 9.79. The minimum atomic E-state index is -0.392. The number of hydrogen-bond donors (Lipinski definition) is 1. The fourth-order valence-corrected chi connectivity index (χ4v) is 4.13. The molecular weight excluding hydrogens is 294 g/mol. The Hall–Kier alpha value is -2.06. The van der Waals surface area contributed by atoms with Gasteiger partial charge < -0.3 is 4.74 Å². The van der Waals surface area contributed by atoms with Gasteiger partial charge in [-0.15, -0.1) is 0 Å². The van der Waals surface area contributed by atoms with Gasteiger partial charge in [0.05, 0.1) is 0 Å². The summed E-state index contributed by atoms with van der Waals surface area (Å²) in [5, 5.41) is 3.75. The van der Waals surface area contributed by atoms with Gasteiger partial charge in [0.25, 0.3) is 0 Å². The van der Waals surface area contributed by atoms with Gasteiger partial charge in [-0.1, -0.05) is 54.1 Å². The van der Waals surface area contributed by atoms with Crippen molar-refractivity contribution in [1.82, 2.24) is 5.32 Å². The number of rotatable bonds is 4. The van der Waals surface area contributed by atoms with Gasteiger partial charge in [0, 0.05) is 13.0 Å². The van der Waals surface area contributed by atoms with Gasteiger partial charge in [0.15, 0.2) is 5.72 Å². The summed E-state index contributed by atoms with van der Waals surface area (Å²) in [6.45, 7) is 0.999. The van der Waals surface area contributed by atoms with Crippen molar-refractivity contribution in [2.75, 3.05) is 6.54 Å². The average Bonchev–Trinajstić information content (AvgIpc) is 2.64. The van der Waals surface area contributed by atoms with E-state index in [0.717, 1.165) is 25.1 Å². The molecule has 1 heterocycles. The molecule has 0 saturated heterocycles. The predicted octanol–water partition coefficient (Wildman–Crippen LogP) is 4.87. The molecule has 1 atom stereocenters. The SMILES string of the molecule is c1ccc(CC2(Oc3ccccc3)NCCC3=C2CCCC3)cc1. The van der Waals surface area contributed by atoms with Crippen molar-refractivity contribution in [3.8, 4) is 5.75 Å². The molecule has 2 aliphatic rings. The Morgan fingerprint density at radius 3 is 2.33 bits per heavy atom. The van der Waals surface area contributed by atoms with E-state index in [1.165, 1.54) is 36.8 Å². The van der Waals surface area contributed by atoms with Crippen LogP contribution in [0.2, 0.25) is 0 Å². The maximum Gasteiger partial charge on any atom is 0.187 e. The highest BCUT2D eigenvalue weighted by atomic mass is 16.5. The van der Waals surface area contributed by atoms with E-state index in [4.69, 9.17) is 4.74 Å². The molecule has 4 rings (SSSR count). The van der Waals surface area contributed by atoms with Crippen molar-refractivity contribution in [3.05, 3.63) is 77.4 Å². The highest BCUT2D eigenvalue weighted by Gasteiger charge is 2.41. The van der Waals surface area contributed by atoms with Crippen molar-refractivity contribution in [2.24, 2.45) is 0 Å². The van der Waals surface area contributed by atoms with E-state index >= 15 is 0 Å². The molecule has 0 fully saturated rings. The monoisotopic (exact) mass is 319 g/mol. The van der Waals surface area contributed by atoms with Crippen LogP contribution >= 0.6 is 0 Å². The van der Waals surface area contributed by atoms with Gasteiger partial charge in [-0.3, -0.25) is 5.32 Å². The van der Waals surface area contributed by atoms with Gasteiger partial charge in [0.1, 0.15) is 5.75 Å². The molecule has 24 heavy (non-hydrogen) atoms. The summed E-state index contributed by atoms with van der Waals surface area (Å²) in [4.78, 5) is 0. The Morgan fingerprint density at radius 1 is 0.833 bits per heavy atom. The predicted molar refractivity (Wildman–Crippen MR) is 98.1 cm³/mol. The lowest BCUT2D eigenvalue weighted by molar-refractivity contribution is 0.0566. The van der Waals surface area contributed by atoms with E-state index in [9.17, 15) is 0 Å². The van der Waals surface area contributed by atoms with Crippen LogP contribution in [0.25, 0.3) is 0 Å². The number of para-hydroxylation sites is 1. The molecule has 1 unspecified atom stereocenters. The molecule has 2 heteroatoms. The molecule has 2 aromatic rings. The molecule has 2 aromatic carbocycles. The average molecular weight is 319 g/mol. The first kappa shape index (κ1) is 15.5. The topological polar surface area (TPSA) is 21.3 Å². The third-order valence-electron chi connectivity index (χ3n) is 5.24. The zero-order valence-corrected chi connectivity index (χ0v) is 14.1. The fourth-order valence-electron chi connectivity index (χ4n) is 4.13. The lowest BCUT2D eigenvalue weighted by Crippen LogP contribution is -2.57. The summed E-state index contributed by atoms with van der Waals surface area (Å²) in [7, 11) is 0. The molecule has 124 valence electrons. The second-order valence-corrected chi connectivity index (χ2v) is 6.87. The van der Waals surface area contributed by atoms with Crippen molar-refractivity contribution >= 4 is 0 Å². The minimum Gasteiger partial charge on any atom is -0.469 e. The third-order valence-corrected chi connectivity index (χ3v) is 5.24. The van der Waals surface area contributed by atoms with Crippen molar-refractivity contribution < 1.29 is 4.74 Å². The number of hydrogen-bond acceptors (Lipinski definition) is 2. The van der Waals surface area contributed by atoms with Crippen LogP contribution < -0.4 is 10.1 Å². The van der Waals surface area contributed by atoms with Crippen LogP contribution in [0.1, 0.15) is 37.7 Å². The molecule has 0 bridgehead atoms. The highest BCUT2D eigenvalue weighted by Crippen LogP contribution is 2.39. The van der Waals surface area contributed by atoms with E-state index in [1.807, 2.05) is 18.2 Å². The van der Waals surface area contributed by atoms with Gasteiger partial charge in [-0.25, -0.2) is 0 Å². The van der Waals surface area contributed by atoms with Crippen LogP contribution in [0.4, 0.5) is 0 Å². The maximum absolute atomic E-state index is 6.65. The molecule has 0 spiro atoms. The zero-order chi connectivity index (χ0) is 16.2. The largest absolute Gasteiger partial charge is 0.469 e. The standard InChI is InChI=1S/C22H25NO/c1-3-9-18(10-4-1)17-22(24-20-12-5-2-6-13-20)21-14-8-7-11-19(21)15-16-23-22/h1-6,9-10,12-13,23H,7-8,11,14-17H2. The highest BCUT2D eigenvalue weighted by molar-refractivity contribution is 5.35. The smallest absolute Gasteiger partial charge is 0.187 e. The fraction of sp³-hybridized carbons (Fsp3) is 0.364. The molecule has 0 radical (unpaired) electrons. The number of benzene rings is 2. The molecule has 0 aromatic heterocycles. The molecule has 0 amide bonds. The summed E-state index contributed by atoms with van der Waals surface area (Å²) in [6.07, 6.45) is 7.04. The van der Waals surface area contributed by atoms with E-state index < -0.39 is 5.72 Å². The first-order chi connectivity index (χ1) is 11.9.